The molecule has 0 fully saturated rings. The maximum absolute atomic E-state index is 11.6. The number of benzene rings is 2. The number of urea groups is 1. The Balaban J connectivity index is 2.19. The Hall–Kier alpha value is -2.53. The number of anilines is 1. The van der Waals surface area contributed by atoms with E-state index in [1.165, 1.54) is 0 Å². The molecular formula is C16H18N2O3. The number of para-hydroxylation sites is 1. The quantitative estimate of drug-likeness (QED) is 0.790. The minimum absolute atomic E-state index is 0.0886. The van der Waals surface area contributed by atoms with E-state index >= 15 is 0 Å². The highest BCUT2D eigenvalue weighted by molar-refractivity contribution is 5.90. The molecule has 2 amide bonds. The van der Waals surface area contributed by atoms with E-state index in [0.29, 0.717) is 5.69 Å². The summed E-state index contributed by atoms with van der Waals surface area (Å²) in [5, 5.41) is 13.9. The molecule has 2 aromatic carbocycles. The number of aliphatic hydroxyl groups excluding tert-OH is 1. The molecule has 0 radical (unpaired) electrons. The summed E-state index contributed by atoms with van der Waals surface area (Å²) >= 11 is 0. The molecule has 2 rings (SSSR count). The van der Waals surface area contributed by atoms with E-state index in [0.717, 1.165) is 16.9 Å². The molecule has 0 spiro atoms. The first-order valence-corrected chi connectivity index (χ1v) is 6.63. The van der Waals surface area contributed by atoms with Crippen molar-refractivity contribution in [3.63, 3.8) is 0 Å². The van der Waals surface area contributed by atoms with E-state index in [4.69, 9.17) is 9.84 Å². The molecule has 5 heteroatoms. The van der Waals surface area contributed by atoms with Crippen molar-refractivity contribution < 1.29 is 14.6 Å². The van der Waals surface area contributed by atoms with Crippen LogP contribution in [0.2, 0.25) is 0 Å². The van der Waals surface area contributed by atoms with Gasteiger partial charge in [0.15, 0.2) is 0 Å². The van der Waals surface area contributed by atoms with E-state index in [1.807, 2.05) is 42.5 Å². The summed E-state index contributed by atoms with van der Waals surface area (Å²) in [5.41, 5.74) is 2.58. The Bertz CT molecular complexity index is 614. The zero-order valence-corrected chi connectivity index (χ0v) is 11.8. The van der Waals surface area contributed by atoms with Gasteiger partial charge in [0.25, 0.3) is 0 Å². The van der Waals surface area contributed by atoms with Gasteiger partial charge in [-0.05, 0) is 23.8 Å². The predicted octanol–water partition coefficient (Wildman–Crippen LogP) is 2.48. The van der Waals surface area contributed by atoms with Crippen molar-refractivity contribution >= 4 is 11.7 Å². The molecule has 0 heterocycles. The number of rotatable bonds is 5. The Morgan fingerprint density at radius 2 is 2.00 bits per heavy atom. The van der Waals surface area contributed by atoms with Crippen LogP contribution in [0.3, 0.4) is 0 Å². The Morgan fingerprint density at radius 3 is 2.76 bits per heavy atom. The van der Waals surface area contributed by atoms with Crippen LogP contribution in [0.1, 0.15) is 0 Å². The van der Waals surface area contributed by atoms with Gasteiger partial charge in [-0.1, -0.05) is 30.3 Å². The van der Waals surface area contributed by atoms with Gasteiger partial charge in [0, 0.05) is 17.8 Å². The van der Waals surface area contributed by atoms with Crippen LogP contribution < -0.4 is 15.4 Å². The number of hydrogen-bond acceptors (Lipinski definition) is 3. The Kier molecular flexibility index (Phi) is 5.17. The number of aliphatic hydroxyl groups is 1. The fraction of sp³-hybridized carbons (Fsp3) is 0.188. The lowest BCUT2D eigenvalue weighted by molar-refractivity contribution is 0.245. The van der Waals surface area contributed by atoms with Crippen LogP contribution >= 0.6 is 0 Å². The van der Waals surface area contributed by atoms with E-state index in [1.54, 1.807) is 13.2 Å². The average molecular weight is 286 g/mol. The van der Waals surface area contributed by atoms with Crippen LogP contribution in [0.25, 0.3) is 11.1 Å². The average Bonchev–Trinajstić information content (AvgIpc) is 2.53. The monoisotopic (exact) mass is 286 g/mol. The third-order valence-corrected chi connectivity index (χ3v) is 2.94. The zero-order valence-electron chi connectivity index (χ0n) is 11.8. The van der Waals surface area contributed by atoms with Crippen molar-refractivity contribution in [1.82, 2.24) is 5.32 Å². The summed E-state index contributed by atoms with van der Waals surface area (Å²) in [5.74, 6) is 0.777. The molecule has 110 valence electrons. The van der Waals surface area contributed by atoms with Crippen LogP contribution in [0, 0.1) is 0 Å². The summed E-state index contributed by atoms with van der Waals surface area (Å²) in [4.78, 5) is 11.6. The number of carbonyl (C=O) groups excluding carboxylic acids is 1. The van der Waals surface area contributed by atoms with Crippen molar-refractivity contribution in [1.29, 1.82) is 0 Å². The lowest BCUT2D eigenvalue weighted by atomic mass is 10.0. The number of ether oxygens (including phenoxy) is 1. The van der Waals surface area contributed by atoms with Gasteiger partial charge in [-0.25, -0.2) is 4.79 Å². The minimum Gasteiger partial charge on any atom is -0.496 e. The van der Waals surface area contributed by atoms with Crippen LogP contribution in [0.15, 0.2) is 48.5 Å². The Morgan fingerprint density at radius 1 is 1.19 bits per heavy atom. The third-order valence-electron chi connectivity index (χ3n) is 2.94. The largest absolute Gasteiger partial charge is 0.496 e. The lowest BCUT2D eigenvalue weighted by Gasteiger charge is -2.11. The SMILES string of the molecule is COc1ccccc1-c1cccc(NC(=O)NCCO)c1. The van der Waals surface area contributed by atoms with Gasteiger partial charge >= 0.3 is 6.03 Å². The van der Waals surface area contributed by atoms with Gasteiger partial charge in [0.1, 0.15) is 5.75 Å². The second-order valence-corrected chi connectivity index (χ2v) is 4.39. The summed E-state index contributed by atoms with van der Waals surface area (Å²) in [6, 6.07) is 14.8. The smallest absolute Gasteiger partial charge is 0.319 e. The second kappa shape index (κ2) is 7.31. The standard InChI is InChI=1S/C16H18N2O3/c1-21-15-8-3-2-7-14(15)12-5-4-6-13(11-12)18-16(20)17-9-10-19/h2-8,11,19H,9-10H2,1H3,(H2,17,18,20). The lowest BCUT2D eigenvalue weighted by Crippen LogP contribution is -2.30. The molecule has 0 saturated heterocycles. The predicted molar refractivity (Wildman–Crippen MR) is 82.5 cm³/mol. The van der Waals surface area contributed by atoms with Crippen molar-refractivity contribution in [2.75, 3.05) is 25.6 Å². The van der Waals surface area contributed by atoms with Gasteiger partial charge in [-0.15, -0.1) is 0 Å². The van der Waals surface area contributed by atoms with Gasteiger partial charge < -0.3 is 20.5 Å². The fourth-order valence-electron chi connectivity index (χ4n) is 1.99. The molecule has 3 N–H and O–H groups in total. The van der Waals surface area contributed by atoms with Crippen LogP contribution in [0.4, 0.5) is 10.5 Å². The van der Waals surface area contributed by atoms with Crippen molar-refractivity contribution in [2.24, 2.45) is 0 Å². The van der Waals surface area contributed by atoms with Gasteiger partial charge in [0.05, 0.1) is 13.7 Å². The molecule has 0 unspecified atom stereocenters. The number of hydrogen-bond donors (Lipinski definition) is 3. The van der Waals surface area contributed by atoms with Crippen molar-refractivity contribution in [3.8, 4) is 16.9 Å². The summed E-state index contributed by atoms with van der Waals surface area (Å²) < 4.78 is 5.35. The molecule has 0 aliphatic heterocycles. The van der Waals surface area contributed by atoms with E-state index in [-0.39, 0.29) is 19.2 Å². The van der Waals surface area contributed by atoms with Gasteiger partial charge in [-0.2, -0.15) is 0 Å². The van der Waals surface area contributed by atoms with Gasteiger partial charge in [-0.3, -0.25) is 0 Å². The first kappa shape index (κ1) is 14.9. The third kappa shape index (κ3) is 3.97. The topological polar surface area (TPSA) is 70.6 Å². The molecule has 0 saturated carbocycles. The van der Waals surface area contributed by atoms with E-state index in [2.05, 4.69) is 10.6 Å². The summed E-state index contributed by atoms with van der Waals surface area (Å²) in [6.07, 6.45) is 0. The van der Waals surface area contributed by atoms with Crippen LogP contribution in [-0.4, -0.2) is 31.4 Å². The summed E-state index contributed by atoms with van der Waals surface area (Å²) in [7, 11) is 1.63. The Labute approximate surface area is 123 Å². The molecule has 2 aromatic rings. The maximum Gasteiger partial charge on any atom is 0.319 e. The molecular weight excluding hydrogens is 268 g/mol. The molecule has 0 aliphatic carbocycles. The second-order valence-electron chi connectivity index (χ2n) is 4.39. The van der Waals surface area contributed by atoms with Crippen molar-refractivity contribution in [2.45, 2.75) is 0 Å². The van der Waals surface area contributed by atoms with E-state index in [9.17, 15) is 4.79 Å². The molecule has 0 aromatic heterocycles. The minimum atomic E-state index is -0.346. The number of amides is 2. The molecule has 0 aliphatic rings. The first-order valence-electron chi connectivity index (χ1n) is 6.63. The number of carbonyl (C=O) groups is 1. The van der Waals surface area contributed by atoms with Gasteiger partial charge in [0.2, 0.25) is 0 Å². The molecule has 21 heavy (non-hydrogen) atoms. The zero-order chi connectivity index (χ0) is 15.1. The summed E-state index contributed by atoms with van der Waals surface area (Å²) in [6.45, 7) is 0.132. The van der Waals surface area contributed by atoms with E-state index < -0.39 is 0 Å². The highest BCUT2D eigenvalue weighted by Crippen LogP contribution is 2.30. The molecule has 0 bridgehead atoms. The number of methoxy groups -OCH3 is 1. The molecule has 5 nitrogen and oxygen atoms in total. The highest BCUT2D eigenvalue weighted by Gasteiger charge is 2.06. The van der Waals surface area contributed by atoms with Crippen LogP contribution in [0.5, 0.6) is 5.75 Å². The maximum atomic E-state index is 11.6. The number of nitrogens with one attached hydrogen (secondary N) is 2. The normalized spacial score (nSPS) is 10.0. The first-order chi connectivity index (χ1) is 10.2. The highest BCUT2D eigenvalue weighted by atomic mass is 16.5. The fourth-order valence-corrected chi connectivity index (χ4v) is 1.99. The van der Waals surface area contributed by atoms with Crippen molar-refractivity contribution in [3.05, 3.63) is 48.5 Å². The molecule has 0 atom stereocenters. The van der Waals surface area contributed by atoms with Crippen LogP contribution in [-0.2, 0) is 0 Å².